The van der Waals surface area contributed by atoms with Crippen molar-refractivity contribution < 1.29 is 4.79 Å². The molecule has 2 rings (SSSR count). The fraction of sp³-hybridized carbons (Fsp3) is 0.533. The average Bonchev–Trinajstić information content (AvgIpc) is 3.16. The number of hydrogen-bond donors (Lipinski definition) is 0. The Balaban J connectivity index is 2.12. The van der Waals surface area contributed by atoms with E-state index in [-0.39, 0.29) is 5.91 Å². The number of carbonyl (C=O) groups excluding carboxylic acids is 1. The third kappa shape index (κ3) is 3.96. The smallest absolute Gasteiger partial charge is 0.254 e. The van der Waals surface area contributed by atoms with Gasteiger partial charge >= 0.3 is 0 Å². The van der Waals surface area contributed by atoms with Crippen LogP contribution in [0.3, 0.4) is 0 Å². The molecule has 1 aliphatic rings. The number of hydrogen-bond acceptors (Lipinski definition) is 1. The molecule has 19 heavy (non-hydrogen) atoms. The van der Waals surface area contributed by atoms with E-state index in [1.54, 1.807) is 12.1 Å². The van der Waals surface area contributed by atoms with E-state index < -0.39 is 0 Å². The molecule has 1 aromatic rings. The van der Waals surface area contributed by atoms with Crippen molar-refractivity contribution >= 4 is 33.4 Å². The van der Waals surface area contributed by atoms with Gasteiger partial charge < -0.3 is 4.90 Å². The first kappa shape index (κ1) is 14.9. The predicted molar refractivity (Wildman–Crippen MR) is 82.7 cm³/mol. The molecule has 1 aliphatic carbocycles. The van der Waals surface area contributed by atoms with Crippen LogP contribution in [0.5, 0.6) is 0 Å². The lowest BCUT2D eigenvalue weighted by Crippen LogP contribution is -2.34. The minimum Gasteiger partial charge on any atom is -0.336 e. The maximum atomic E-state index is 12.6. The highest BCUT2D eigenvalue weighted by molar-refractivity contribution is 9.10. The molecule has 0 aliphatic heterocycles. The molecular weight excluding hydrogens is 326 g/mol. The van der Waals surface area contributed by atoms with Crippen LogP contribution in [0.4, 0.5) is 0 Å². The van der Waals surface area contributed by atoms with Crippen molar-refractivity contribution in [3.05, 3.63) is 33.3 Å². The van der Waals surface area contributed by atoms with Crippen molar-refractivity contribution in [3.63, 3.8) is 0 Å². The predicted octanol–water partition coefficient (Wildman–Crippen LogP) is 4.75. The fourth-order valence-corrected chi connectivity index (χ4v) is 2.52. The second-order valence-electron chi connectivity index (χ2n) is 5.54. The van der Waals surface area contributed by atoms with Crippen LogP contribution in [-0.2, 0) is 0 Å². The van der Waals surface area contributed by atoms with Gasteiger partial charge in [-0.1, -0.05) is 25.4 Å². The molecule has 0 spiro atoms. The van der Waals surface area contributed by atoms with Crippen molar-refractivity contribution in [1.29, 1.82) is 0 Å². The Kier molecular flexibility index (Phi) is 4.91. The molecule has 2 nitrogen and oxygen atoms in total. The van der Waals surface area contributed by atoms with Crippen LogP contribution < -0.4 is 0 Å². The number of benzene rings is 1. The highest BCUT2D eigenvalue weighted by Gasteiger charge is 2.32. The zero-order chi connectivity index (χ0) is 14.0. The van der Waals surface area contributed by atoms with E-state index in [0.717, 1.165) is 30.3 Å². The van der Waals surface area contributed by atoms with E-state index in [4.69, 9.17) is 11.6 Å². The molecule has 0 bridgehead atoms. The van der Waals surface area contributed by atoms with Gasteiger partial charge in [0.05, 0.1) is 5.02 Å². The van der Waals surface area contributed by atoms with Crippen molar-refractivity contribution in [3.8, 4) is 0 Å². The van der Waals surface area contributed by atoms with Gasteiger partial charge in [0.25, 0.3) is 5.91 Å². The zero-order valence-electron chi connectivity index (χ0n) is 11.3. The Morgan fingerprint density at radius 2 is 2.16 bits per heavy atom. The summed E-state index contributed by atoms with van der Waals surface area (Å²) in [6.45, 7) is 5.23. The number of rotatable bonds is 5. The fourth-order valence-electron chi connectivity index (χ4n) is 2.03. The molecule has 0 N–H and O–H groups in total. The van der Waals surface area contributed by atoms with Crippen molar-refractivity contribution in [2.75, 3.05) is 6.54 Å². The first-order valence-electron chi connectivity index (χ1n) is 6.75. The summed E-state index contributed by atoms with van der Waals surface area (Å²) in [5.74, 6) is 0.742. The van der Waals surface area contributed by atoms with Gasteiger partial charge in [0, 0.05) is 22.6 Å². The van der Waals surface area contributed by atoms with Gasteiger partial charge in [0.2, 0.25) is 0 Å². The summed E-state index contributed by atoms with van der Waals surface area (Å²) < 4.78 is 0.777. The number of amides is 1. The van der Waals surface area contributed by atoms with E-state index in [1.165, 1.54) is 0 Å². The van der Waals surface area contributed by atoms with E-state index in [2.05, 4.69) is 29.8 Å². The maximum absolute atomic E-state index is 12.6. The van der Waals surface area contributed by atoms with Crippen molar-refractivity contribution in [2.45, 2.75) is 39.2 Å². The Bertz CT molecular complexity index is 471. The molecule has 104 valence electrons. The van der Waals surface area contributed by atoms with Gasteiger partial charge in [-0.05, 0) is 59.3 Å². The molecular formula is C15H19BrClNO. The van der Waals surface area contributed by atoms with Crippen LogP contribution in [0, 0.1) is 5.92 Å². The second kappa shape index (κ2) is 6.27. The lowest BCUT2D eigenvalue weighted by molar-refractivity contribution is 0.0735. The number of halogens is 2. The second-order valence-corrected chi connectivity index (χ2v) is 6.80. The molecule has 0 radical (unpaired) electrons. The molecule has 0 saturated heterocycles. The lowest BCUT2D eigenvalue weighted by Gasteiger charge is -2.23. The summed E-state index contributed by atoms with van der Waals surface area (Å²) in [5, 5.41) is 0.636. The van der Waals surface area contributed by atoms with E-state index in [0.29, 0.717) is 22.5 Å². The lowest BCUT2D eigenvalue weighted by atomic mass is 10.1. The Morgan fingerprint density at radius 3 is 2.68 bits per heavy atom. The molecule has 0 atom stereocenters. The monoisotopic (exact) mass is 343 g/mol. The third-order valence-electron chi connectivity index (χ3n) is 3.36. The maximum Gasteiger partial charge on any atom is 0.254 e. The molecule has 0 aromatic heterocycles. The molecule has 1 fully saturated rings. The van der Waals surface area contributed by atoms with Gasteiger partial charge in [-0.3, -0.25) is 4.79 Å². The Hall–Kier alpha value is -0.540. The topological polar surface area (TPSA) is 20.3 Å². The van der Waals surface area contributed by atoms with E-state index in [1.807, 2.05) is 11.0 Å². The van der Waals surface area contributed by atoms with Gasteiger partial charge in [0.1, 0.15) is 0 Å². The largest absolute Gasteiger partial charge is 0.336 e. The van der Waals surface area contributed by atoms with Gasteiger partial charge in [-0.2, -0.15) is 0 Å². The first-order valence-corrected chi connectivity index (χ1v) is 7.92. The molecule has 1 aromatic carbocycles. The van der Waals surface area contributed by atoms with E-state index >= 15 is 0 Å². The highest BCUT2D eigenvalue weighted by atomic mass is 79.9. The van der Waals surface area contributed by atoms with Gasteiger partial charge in [0.15, 0.2) is 0 Å². The van der Waals surface area contributed by atoms with E-state index in [9.17, 15) is 4.79 Å². The van der Waals surface area contributed by atoms with Crippen LogP contribution in [0.1, 0.15) is 43.5 Å². The summed E-state index contributed by atoms with van der Waals surface area (Å²) in [7, 11) is 0. The summed E-state index contributed by atoms with van der Waals surface area (Å²) in [6.07, 6.45) is 3.33. The van der Waals surface area contributed by atoms with Crippen molar-refractivity contribution in [1.82, 2.24) is 4.90 Å². The van der Waals surface area contributed by atoms with Gasteiger partial charge in [-0.15, -0.1) is 0 Å². The normalized spacial score (nSPS) is 14.8. The Morgan fingerprint density at radius 1 is 1.47 bits per heavy atom. The van der Waals surface area contributed by atoms with Crippen LogP contribution in [-0.4, -0.2) is 23.4 Å². The molecule has 0 unspecified atom stereocenters. The van der Waals surface area contributed by atoms with Gasteiger partial charge in [-0.25, -0.2) is 0 Å². The summed E-state index contributed by atoms with van der Waals surface area (Å²) in [6, 6.07) is 5.84. The number of nitrogens with zero attached hydrogens (tertiary/aromatic N) is 1. The Labute approximate surface area is 128 Å². The minimum atomic E-state index is 0.125. The molecule has 0 heterocycles. The highest BCUT2D eigenvalue weighted by Crippen LogP contribution is 2.30. The quantitative estimate of drug-likeness (QED) is 0.754. The minimum absolute atomic E-state index is 0.125. The van der Waals surface area contributed by atoms with Crippen LogP contribution in [0.25, 0.3) is 0 Å². The standard InChI is InChI=1S/C15H19BrClNO/c1-10(2)7-8-18(12-4-5-12)15(19)11-3-6-14(17)13(16)9-11/h3,6,9-10,12H,4-5,7-8H2,1-2H3. The molecule has 4 heteroatoms. The first-order chi connectivity index (χ1) is 8.99. The van der Waals surface area contributed by atoms with Crippen LogP contribution in [0.2, 0.25) is 5.02 Å². The third-order valence-corrected chi connectivity index (χ3v) is 4.58. The van der Waals surface area contributed by atoms with Crippen molar-refractivity contribution in [2.24, 2.45) is 5.92 Å². The summed E-state index contributed by atoms with van der Waals surface area (Å²) in [5.41, 5.74) is 0.715. The average molecular weight is 345 g/mol. The van der Waals surface area contributed by atoms with Crippen LogP contribution >= 0.6 is 27.5 Å². The zero-order valence-corrected chi connectivity index (χ0v) is 13.7. The summed E-state index contributed by atoms with van der Waals surface area (Å²) in [4.78, 5) is 14.6. The molecule has 1 saturated carbocycles. The SMILES string of the molecule is CC(C)CCN(C(=O)c1ccc(Cl)c(Br)c1)C1CC1. The molecule has 1 amide bonds. The summed E-state index contributed by atoms with van der Waals surface area (Å²) >= 11 is 9.35. The number of carbonyl (C=O) groups is 1. The van der Waals surface area contributed by atoms with Crippen LogP contribution in [0.15, 0.2) is 22.7 Å².